The van der Waals surface area contributed by atoms with Crippen molar-refractivity contribution in [3.63, 3.8) is 0 Å². The predicted molar refractivity (Wildman–Crippen MR) is 75.2 cm³/mol. The van der Waals surface area contributed by atoms with E-state index in [1.54, 1.807) is 25.3 Å². The minimum absolute atomic E-state index is 0.246. The van der Waals surface area contributed by atoms with Crippen molar-refractivity contribution < 1.29 is 19.1 Å². The Morgan fingerprint density at radius 2 is 1.90 bits per heavy atom. The first kappa shape index (κ1) is 16.1. The molecule has 1 aromatic rings. The van der Waals surface area contributed by atoms with Gasteiger partial charge in [0.2, 0.25) is 5.91 Å². The number of carbonyl (C=O) groups excluding carboxylic acids is 2. The van der Waals surface area contributed by atoms with Crippen LogP contribution in [0, 0.1) is 0 Å². The number of ether oxygens (including phenoxy) is 2. The Bertz CT molecular complexity index is 491. The van der Waals surface area contributed by atoms with E-state index >= 15 is 0 Å². The number of imide groups is 1. The molecule has 1 unspecified atom stereocenters. The highest BCUT2D eigenvalue weighted by Gasteiger charge is 2.12. The maximum absolute atomic E-state index is 11.5. The number of amides is 3. The van der Waals surface area contributed by atoms with Crippen LogP contribution in [0.25, 0.3) is 0 Å². The molecule has 0 aliphatic rings. The van der Waals surface area contributed by atoms with Gasteiger partial charge in [0.05, 0.1) is 14.2 Å². The van der Waals surface area contributed by atoms with Gasteiger partial charge in [0, 0.05) is 6.54 Å². The van der Waals surface area contributed by atoms with Crippen molar-refractivity contribution in [3.05, 3.63) is 23.8 Å². The maximum atomic E-state index is 11.5. The van der Waals surface area contributed by atoms with Gasteiger partial charge in [-0.1, -0.05) is 6.07 Å². The summed E-state index contributed by atoms with van der Waals surface area (Å²) in [6.07, 6.45) is 0. The van der Waals surface area contributed by atoms with Crippen LogP contribution in [0.3, 0.4) is 0 Å². The summed E-state index contributed by atoms with van der Waals surface area (Å²) in [5.74, 6) is 0.626. The average molecular weight is 301 g/mol. The van der Waals surface area contributed by atoms with Gasteiger partial charge < -0.3 is 14.8 Å². The monoisotopic (exact) mass is 300 g/mol. The van der Waals surface area contributed by atoms with Gasteiger partial charge in [0.15, 0.2) is 11.5 Å². The van der Waals surface area contributed by atoms with Gasteiger partial charge in [-0.25, -0.2) is 4.79 Å². The largest absolute Gasteiger partial charge is 0.493 e. The zero-order chi connectivity index (χ0) is 15.1. The highest BCUT2D eigenvalue weighted by molar-refractivity contribution is 6.31. The molecule has 0 saturated carbocycles. The first-order valence-electron chi connectivity index (χ1n) is 5.91. The van der Waals surface area contributed by atoms with Gasteiger partial charge >= 0.3 is 6.03 Å². The quantitative estimate of drug-likeness (QED) is 0.811. The van der Waals surface area contributed by atoms with Crippen LogP contribution in [-0.2, 0) is 11.3 Å². The van der Waals surface area contributed by atoms with E-state index in [2.05, 4.69) is 10.6 Å². The maximum Gasteiger partial charge on any atom is 0.321 e. The molecule has 1 atom stereocenters. The van der Waals surface area contributed by atoms with Crippen LogP contribution < -0.4 is 20.1 Å². The number of hydrogen-bond donors (Lipinski definition) is 2. The van der Waals surface area contributed by atoms with E-state index in [9.17, 15) is 9.59 Å². The second-order valence-electron chi connectivity index (χ2n) is 3.98. The van der Waals surface area contributed by atoms with Gasteiger partial charge in [-0.05, 0) is 24.6 Å². The van der Waals surface area contributed by atoms with Crippen LogP contribution in [0.4, 0.5) is 4.79 Å². The van der Waals surface area contributed by atoms with Gasteiger partial charge in [-0.3, -0.25) is 10.1 Å². The van der Waals surface area contributed by atoms with Gasteiger partial charge in [0.25, 0.3) is 0 Å². The second-order valence-corrected chi connectivity index (χ2v) is 4.63. The molecule has 20 heavy (non-hydrogen) atoms. The third-order valence-electron chi connectivity index (χ3n) is 2.50. The van der Waals surface area contributed by atoms with E-state index in [0.717, 1.165) is 5.56 Å². The summed E-state index contributed by atoms with van der Waals surface area (Å²) >= 11 is 5.54. The van der Waals surface area contributed by atoms with Crippen molar-refractivity contribution >= 4 is 23.5 Å². The summed E-state index contributed by atoms with van der Waals surface area (Å²) in [6.45, 7) is 1.73. The fourth-order valence-corrected chi connectivity index (χ4v) is 1.48. The van der Waals surface area contributed by atoms with Crippen molar-refractivity contribution in [2.75, 3.05) is 14.2 Å². The van der Waals surface area contributed by atoms with Crippen molar-refractivity contribution in [2.24, 2.45) is 0 Å². The van der Waals surface area contributed by atoms with Crippen molar-refractivity contribution in [2.45, 2.75) is 18.8 Å². The smallest absolute Gasteiger partial charge is 0.321 e. The number of halogens is 1. The lowest BCUT2D eigenvalue weighted by Gasteiger charge is -2.11. The summed E-state index contributed by atoms with van der Waals surface area (Å²) < 4.78 is 10.3. The highest BCUT2D eigenvalue weighted by Crippen LogP contribution is 2.27. The molecule has 0 radical (unpaired) electrons. The fourth-order valence-electron chi connectivity index (χ4n) is 1.43. The Labute approximate surface area is 122 Å². The molecule has 2 N–H and O–H groups in total. The molecule has 3 amide bonds. The number of urea groups is 1. The molecule has 0 aliphatic carbocycles. The lowest BCUT2D eigenvalue weighted by atomic mass is 10.2. The SMILES string of the molecule is COc1ccc(CNC(=O)NC(=O)C(C)Cl)cc1OC. The molecule has 1 rings (SSSR count). The Hall–Kier alpha value is -1.95. The average Bonchev–Trinajstić information content (AvgIpc) is 2.44. The number of hydrogen-bond acceptors (Lipinski definition) is 4. The topological polar surface area (TPSA) is 76.7 Å². The minimum Gasteiger partial charge on any atom is -0.493 e. The Morgan fingerprint density at radius 3 is 2.45 bits per heavy atom. The predicted octanol–water partition coefficient (Wildman–Crippen LogP) is 1.66. The first-order chi connectivity index (χ1) is 9.47. The van der Waals surface area contributed by atoms with Crippen molar-refractivity contribution in [3.8, 4) is 11.5 Å². The van der Waals surface area contributed by atoms with E-state index in [-0.39, 0.29) is 6.54 Å². The molecule has 0 spiro atoms. The Morgan fingerprint density at radius 1 is 1.25 bits per heavy atom. The number of carbonyl (C=O) groups is 2. The standard InChI is InChI=1S/C13H17ClN2O4/c1-8(14)12(17)16-13(18)15-7-9-4-5-10(19-2)11(6-9)20-3/h4-6,8H,7H2,1-3H3,(H2,15,16,17,18). The summed E-state index contributed by atoms with van der Waals surface area (Å²) in [4.78, 5) is 22.7. The van der Waals surface area contributed by atoms with Gasteiger partial charge in [-0.2, -0.15) is 0 Å². The van der Waals surface area contributed by atoms with Crippen LogP contribution in [0.1, 0.15) is 12.5 Å². The molecule has 0 aliphatic heterocycles. The van der Waals surface area contributed by atoms with Crippen molar-refractivity contribution in [1.29, 1.82) is 0 Å². The van der Waals surface area contributed by atoms with E-state index in [4.69, 9.17) is 21.1 Å². The molecular formula is C13H17ClN2O4. The molecule has 7 heteroatoms. The van der Waals surface area contributed by atoms with Crippen LogP contribution in [-0.4, -0.2) is 31.5 Å². The lowest BCUT2D eigenvalue weighted by molar-refractivity contribution is -0.119. The van der Waals surface area contributed by atoms with Gasteiger partial charge in [0.1, 0.15) is 5.38 Å². The molecule has 0 heterocycles. The van der Waals surface area contributed by atoms with Crippen LogP contribution in [0.15, 0.2) is 18.2 Å². The summed E-state index contributed by atoms with van der Waals surface area (Å²) in [5.41, 5.74) is 0.809. The van der Waals surface area contributed by atoms with Crippen LogP contribution >= 0.6 is 11.6 Å². The molecule has 1 aromatic carbocycles. The number of alkyl halides is 1. The third-order valence-corrected chi connectivity index (χ3v) is 2.70. The number of rotatable bonds is 5. The summed E-state index contributed by atoms with van der Waals surface area (Å²) in [6, 6.07) is 4.66. The fraction of sp³-hybridized carbons (Fsp3) is 0.385. The zero-order valence-corrected chi connectivity index (χ0v) is 12.3. The van der Waals surface area contributed by atoms with E-state index in [1.165, 1.54) is 14.0 Å². The molecule has 0 fully saturated rings. The normalized spacial score (nSPS) is 11.4. The molecule has 0 saturated heterocycles. The van der Waals surface area contributed by atoms with Crippen LogP contribution in [0.5, 0.6) is 11.5 Å². The third kappa shape index (κ3) is 4.62. The van der Waals surface area contributed by atoms with Crippen molar-refractivity contribution in [1.82, 2.24) is 10.6 Å². The second kappa shape index (κ2) is 7.59. The highest BCUT2D eigenvalue weighted by atomic mass is 35.5. The molecule has 110 valence electrons. The number of benzene rings is 1. The van der Waals surface area contributed by atoms with E-state index < -0.39 is 17.3 Å². The van der Waals surface area contributed by atoms with Gasteiger partial charge in [-0.15, -0.1) is 11.6 Å². The lowest BCUT2D eigenvalue weighted by Crippen LogP contribution is -2.41. The molecule has 0 bridgehead atoms. The molecule has 0 aromatic heterocycles. The first-order valence-corrected chi connectivity index (χ1v) is 6.35. The molecular weight excluding hydrogens is 284 g/mol. The minimum atomic E-state index is -0.762. The number of methoxy groups -OCH3 is 2. The summed E-state index contributed by atoms with van der Waals surface area (Å²) in [7, 11) is 3.07. The van der Waals surface area contributed by atoms with E-state index in [0.29, 0.717) is 11.5 Å². The Kier molecular flexibility index (Phi) is 6.11. The van der Waals surface area contributed by atoms with E-state index in [1.807, 2.05) is 0 Å². The Balaban J connectivity index is 2.57. The zero-order valence-electron chi connectivity index (χ0n) is 11.5. The van der Waals surface area contributed by atoms with Crippen LogP contribution in [0.2, 0.25) is 0 Å². The molecule has 6 nitrogen and oxygen atoms in total. The number of nitrogens with one attached hydrogen (secondary N) is 2. The summed E-state index contributed by atoms with van der Waals surface area (Å²) in [5, 5.41) is 3.91.